The molecule has 2 saturated carbocycles. The molecule has 0 spiro atoms. The van der Waals surface area contributed by atoms with Crippen molar-refractivity contribution in [1.29, 1.82) is 0 Å². The molecule has 2 aliphatic rings. The molecule has 2 heterocycles. The van der Waals surface area contributed by atoms with E-state index in [1.165, 1.54) is 10.4 Å². The van der Waals surface area contributed by atoms with Gasteiger partial charge in [-0.3, -0.25) is 4.79 Å². The fraction of sp³-hybridized carbons (Fsp3) is 0.323. The van der Waals surface area contributed by atoms with Crippen molar-refractivity contribution >= 4 is 64.4 Å². The smallest absolute Gasteiger partial charge is 0.261 e. The maximum atomic E-state index is 13.2. The van der Waals surface area contributed by atoms with Crippen LogP contribution in [-0.4, -0.2) is 30.3 Å². The quantitative estimate of drug-likeness (QED) is 0.211. The number of fused-ring (bicyclic) bond motifs is 2. The summed E-state index contributed by atoms with van der Waals surface area (Å²) in [5.41, 5.74) is 0. The molecule has 0 bridgehead atoms. The van der Waals surface area contributed by atoms with E-state index in [9.17, 15) is 4.79 Å². The number of benzene rings is 2. The Morgan fingerprint density at radius 3 is 2.10 bits per heavy atom. The number of halogens is 2. The molecule has 2 fully saturated rings. The van der Waals surface area contributed by atoms with Gasteiger partial charge in [0.2, 0.25) is 5.91 Å². The summed E-state index contributed by atoms with van der Waals surface area (Å²) in [5, 5.41) is 7.62. The first-order chi connectivity index (χ1) is 18.7. The lowest BCUT2D eigenvalue weighted by atomic mass is 10.1. The lowest BCUT2D eigenvalue weighted by Gasteiger charge is -2.45. The van der Waals surface area contributed by atoms with Crippen molar-refractivity contribution in [3.05, 3.63) is 89.3 Å². The van der Waals surface area contributed by atoms with E-state index in [1.54, 1.807) is 18.3 Å². The fourth-order valence-corrected chi connectivity index (χ4v) is 11.8. The van der Waals surface area contributed by atoms with Crippen LogP contribution in [-0.2, 0) is 9.22 Å². The highest BCUT2D eigenvalue weighted by Gasteiger charge is 2.62. The number of anilines is 1. The summed E-state index contributed by atoms with van der Waals surface area (Å²) >= 11 is 12.2. The molecule has 2 aromatic heterocycles. The number of amides is 1. The molecule has 39 heavy (non-hydrogen) atoms. The van der Waals surface area contributed by atoms with E-state index in [0.717, 1.165) is 18.2 Å². The number of hydrogen-bond acceptors (Lipinski definition) is 4. The van der Waals surface area contributed by atoms with Gasteiger partial charge >= 0.3 is 0 Å². The number of carbonyl (C=O) groups excluding carboxylic acids is 1. The van der Waals surface area contributed by atoms with Crippen LogP contribution in [0.1, 0.15) is 33.6 Å². The van der Waals surface area contributed by atoms with Gasteiger partial charge in [-0.05, 0) is 57.6 Å². The van der Waals surface area contributed by atoms with Crippen molar-refractivity contribution in [2.24, 2.45) is 17.8 Å². The van der Waals surface area contributed by atoms with Gasteiger partial charge in [-0.25, -0.2) is 9.97 Å². The van der Waals surface area contributed by atoms with Crippen molar-refractivity contribution in [1.82, 2.24) is 9.97 Å². The van der Waals surface area contributed by atoms with Crippen LogP contribution in [0.4, 0.5) is 5.82 Å². The number of nitrogens with zero attached hydrogens (tertiary/aromatic N) is 2. The van der Waals surface area contributed by atoms with Gasteiger partial charge in [0.15, 0.2) is 0 Å². The van der Waals surface area contributed by atoms with E-state index >= 15 is 0 Å². The molecule has 0 aliphatic heterocycles. The standard InChI is InChI=1S/C31H31Cl2N3O2Si/c1-31(2,3)39(21-10-6-4-7-11-21,22-12-8-5-9-13-22)38-20-16-23-24(17-20)28(23)30(37)36-27-15-19-14-26(32)35-29(33)25(19)18-34-27/h4-15,18,20,23-24,28H,16-17H2,1-3H3,(H,34,36,37). The second kappa shape index (κ2) is 10.0. The van der Waals surface area contributed by atoms with Crippen molar-refractivity contribution in [3.8, 4) is 0 Å². The van der Waals surface area contributed by atoms with Gasteiger partial charge in [-0.15, -0.1) is 0 Å². The third kappa shape index (κ3) is 4.78. The zero-order chi connectivity index (χ0) is 27.4. The van der Waals surface area contributed by atoms with Crippen LogP contribution in [0.15, 0.2) is 79.0 Å². The lowest BCUT2D eigenvalue weighted by Crippen LogP contribution is -2.67. The molecule has 6 rings (SSSR count). The highest BCUT2D eigenvalue weighted by molar-refractivity contribution is 6.99. The first kappa shape index (κ1) is 26.4. The van der Waals surface area contributed by atoms with Gasteiger partial charge in [-0.1, -0.05) is 105 Å². The van der Waals surface area contributed by atoms with Gasteiger partial charge in [0.05, 0.1) is 0 Å². The molecule has 4 aromatic rings. The van der Waals surface area contributed by atoms with Crippen LogP contribution in [0.25, 0.3) is 10.8 Å². The Labute approximate surface area is 240 Å². The normalized spacial score (nSPS) is 22.5. The number of aromatic nitrogens is 2. The van der Waals surface area contributed by atoms with Crippen molar-refractivity contribution in [2.75, 3.05) is 5.32 Å². The first-order valence-electron chi connectivity index (χ1n) is 13.4. The molecule has 200 valence electrons. The third-order valence-corrected chi connectivity index (χ3v) is 13.9. The topological polar surface area (TPSA) is 64.1 Å². The van der Waals surface area contributed by atoms with E-state index in [4.69, 9.17) is 27.6 Å². The number of nitrogens with one attached hydrogen (secondary N) is 1. The van der Waals surface area contributed by atoms with Crippen LogP contribution >= 0.6 is 23.2 Å². The second-order valence-corrected chi connectivity index (χ2v) is 16.7. The lowest BCUT2D eigenvalue weighted by molar-refractivity contribution is -0.118. The summed E-state index contributed by atoms with van der Waals surface area (Å²) < 4.78 is 7.32. The van der Waals surface area contributed by atoms with Gasteiger partial charge in [-0.2, -0.15) is 0 Å². The second-order valence-electron chi connectivity index (χ2n) is 11.7. The molecular weight excluding hydrogens is 545 g/mol. The average Bonchev–Trinajstić information content (AvgIpc) is 3.42. The van der Waals surface area contributed by atoms with Gasteiger partial charge in [0.1, 0.15) is 16.1 Å². The Hall–Kier alpha value is -2.77. The van der Waals surface area contributed by atoms with E-state index < -0.39 is 8.32 Å². The predicted molar refractivity (Wildman–Crippen MR) is 160 cm³/mol. The third-order valence-electron chi connectivity index (χ3n) is 8.35. The van der Waals surface area contributed by atoms with Crippen LogP contribution in [0.3, 0.4) is 0 Å². The zero-order valence-electron chi connectivity index (χ0n) is 22.2. The summed E-state index contributed by atoms with van der Waals surface area (Å²) in [6.07, 6.45) is 3.55. The zero-order valence-corrected chi connectivity index (χ0v) is 24.7. The van der Waals surface area contributed by atoms with Gasteiger partial charge in [0.25, 0.3) is 8.32 Å². The average molecular weight is 577 g/mol. The molecule has 2 unspecified atom stereocenters. The highest BCUT2D eigenvalue weighted by atomic mass is 35.5. The molecule has 2 aromatic carbocycles. The van der Waals surface area contributed by atoms with E-state index in [-0.39, 0.29) is 23.0 Å². The Morgan fingerprint density at radius 2 is 1.54 bits per heavy atom. The molecule has 1 amide bonds. The summed E-state index contributed by atoms with van der Waals surface area (Å²) in [6, 6.07) is 25.0. The first-order valence-corrected chi connectivity index (χ1v) is 16.1. The largest absolute Gasteiger partial charge is 0.404 e. The van der Waals surface area contributed by atoms with E-state index in [1.807, 2.05) is 0 Å². The van der Waals surface area contributed by atoms with Crippen LogP contribution in [0.2, 0.25) is 15.3 Å². The Morgan fingerprint density at radius 1 is 0.949 bits per heavy atom. The highest BCUT2D eigenvalue weighted by Crippen LogP contribution is 2.59. The summed E-state index contributed by atoms with van der Waals surface area (Å²) in [6.45, 7) is 6.91. The fourth-order valence-electron chi connectivity index (χ4n) is 6.57. The molecule has 2 atom stereocenters. The monoisotopic (exact) mass is 575 g/mol. The molecular formula is C31H31Cl2N3O2Si. The Bertz CT molecular complexity index is 1480. The summed E-state index contributed by atoms with van der Waals surface area (Å²) in [5.74, 6) is 1.18. The van der Waals surface area contributed by atoms with Crippen molar-refractivity contribution in [2.45, 2.75) is 44.8 Å². The minimum atomic E-state index is -2.61. The minimum absolute atomic E-state index is 0.00823. The molecule has 2 aliphatic carbocycles. The molecule has 0 saturated heterocycles. The number of hydrogen-bond donors (Lipinski definition) is 1. The van der Waals surface area contributed by atoms with Crippen LogP contribution in [0.5, 0.6) is 0 Å². The Balaban J connectivity index is 1.19. The molecule has 8 heteroatoms. The van der Waals surface area contributed by atoms with E-state index in [0.29, 0.717) is 33.3 Å². The summed E-state index contributed by atoms with van der Waals surface area (Å²) in [7, 11) is -2.61. The minimum Gasteiger partial charge on any atom is -0.404 e. The molecule has 5 nitrogen and oxygen atoms in total. The maximum absolute atomic E-state index is 13.2. The summed E-state index contributed by atoms with van der Waals surface area (Å²) in [4.78, 5) is 21.6. The van der Waals surface area contributed by atoms with Gasteiger partial charge < -0.3 is 9.74 Å². The van der Waals surface area contributed by atoms with Crippen molar-refractivity contribution < 1.29 is 9.22 Å². The number of rotatable bonds is 6. The molecule has 1 N–H and O–H groups in total. The number of carbonyl (C=O) groups is 1. The van der Waals surface area contributed by atoms with Gasteiger partial charge in [0, 0.05) is 23.6 Å². The van der Waals surface area contributed by atoms with E-state index in [2.05, 4.69) is 96.7 Å². The van der Waals surface area contributed by atoms with Crippen LogP contribution < -0.4 is 15.7 Å². The van der Waals surface area contributed by atoms with Crippen LogP contribution in [0, 0.1) is 17.8 Å². The Kier molecular flexibility index (Phi) is 6.78. The van der Waals surface area contributed by atoms with Crippen molar-refractivity contribution in [3.63, 3.8) is 0 Å². The molecule has 0 radical (unpaired) electrons. The predicted octanol–water partition coefficient (Wildman–Crippen LogP) is 6.48. The maximum Gasteiger partial charge on any atom is 0.261 e. The SMILES string of the molecule is CC(C)(C)[Si](OC1CC2C(C1)C2C(=O)Nc1cc2cc(Cl)nc(Cl)c2cn1)(c1ccccc1)c1ccccc1. The number of pyridine rings is 2.